The van der Waals surface area contributed by atoms with E-state index in [1.807, 2.05) is 47.1 Å². The number of nitrogens with two attached hydrogens (primary N) is 1. The van der Waals surface area contributed by atoms with Crippen LogP contribution in [0, 0.1) is 11.3 Å². The molecule has 2 fully saturated rings. The van der Waals surface area contributed by atoms with E-state index in [2.05, 4.69) is 34.5 Å². The average Bonchev–Trinajstić information content (AvgIpc) is 3.19. The summed E-state index contributed by atoms with van der Waals surface area (Å²) < 4.78 is 1.88. The van der Waals surface area contributed by atoms with Crippen molar-refractivity contribution in [3.63, 3.8) is 0 Å². The fourth-order valence-corrected chi connectivity index (χ4v) is 5.18. The van der Waals surface area contributed by atoms with Gasteiger partial charge in [0.05, 0.1) is 17.3 Å². The van der Waals surface area contributed by atoms with E-state index in [9.17, 15) is 5.26 Å². The van der Waals surface area contributed by atoms with Gasteiger partial charge in [0.2, 0.25) is 0 Å². The van der Waals surface area contributed by atoms with Crippen LogP contribution < -0.4 is 11.1 Å². The Morgan fingerprint density at radius 1 is 0.941 bits per heavy atom. The molecule has 0 bridgehead atoms. The zero-order valence-corrected chi connectivity index (χ0v) is 19.0. The van der Waals surface area contributed by atoms with Gasteiger partial charge < -0.3 is 11.1 Å². The maximum Gasteiger partial charge on any atom is 0.140 e. The molecule has 2 aromatic heterocycles. The number of aromatic nitrogens is 3. The summed E-state index contributed by atoms with van der Waals surface area (Å²) in [7, 11) is 0. The molecule has 0 spiro atoms. The minimum Gasteiger partial charge on any atom is -0.383 e. The van der Waals surface area contributed by atoms with Crippen LogP contribution >= 0.6 is 0 Å². The summed E-state index contributed by atoms with van der Waals surface area (Å²) in [5.41, 5.74) is 11.3. The molecule has 0 radical (unpaired) electrons. The normalized spacial score (nSPS) is 20.7. The van der Waals surface area contributed by atoms with Crippen molar-refractivity contribution >= 4 is 16.7 Å². The Hall–Kier alpha value is -3.73. The Labute approximate surface area is 198 Å². The highest BCUT2D eigenvalue weighted by Gasteiger charge is 2.37. The standard InChI is InChI=1S/C27H27N7/c28-17-23-26(32-34(27(23)29)22-15-21(16-22)33-12-10-30-11-13-33)20-7-6-19-8-9-24(31-25(19)14-20)18-4-2-1-3-5-18/h1-9,14,21-22,30H,10-13,15-16,29H2. The number of benzene rings is 2. The molecule has 0 unspecified atom stereocenters. The van der Waals surface area contributed by atoms with Gasteiger partial charge in [0.25, 0.3) is 0 Å². The van der Waals surface area contributed by atoms with Crippen molar-refractivity contribution in [1.29, 1.82) is 5.26 Å². The molecule has 2 aromatic carbocycles. The Morgan fingerprint density at radius 3 is 2.47 bits per heavy atom. The first-order chi connectivity index (χ1) is 16.7. The summed E-state index contributed by atoms with van der Waals surface area (Å²) in [6, 6.07) is 23.4. The van der Waals surface area contributed by atoms with Crippen LogP contribution in [0.1, 0.15) is 24.4 Å². The van der Waals surface area contributed by atoms with Gasteiger partial charge in [-0.2, -0.15) is 10.4 Å². The minimum atomic E-state index is 0.240. The Morgan fingerprint density at radius 2 is 1.71 bits per heavy atom. The van der Waals surface area contributed by atoms with Gasteiger partial charge in [-0.15, -0.1) is 0 Å². The van der Waals surface area contributed by atoms with Crippen LogP contribution in [-0.2, 0) is 0 Å². The highest BCUT2D eigenvalue weighted by atomic mass is 15.4. The first-order valence-corrected chi connectivity index (χ1v) is 11.9. The molecular formula is C27H27N7. The predicted molar refractivity (Wildman–Crippen MR) is 134 cm³/mol. The second-order valence-corrected chi connectivity index (χ2v) is 9.20. The summed E-state index contributed by atoms with van der Waals surface area (Å²) >= 11 is 0. The highest BCUT2D eigenvalue weighted by Crippen LogP contribution is 2.40. The van der Waals surface area contributed by atoms with Crippen LogP contribution in [0.15, 0.2) is 60.7 Å². The number of piperazine rings is 1. The molecule has 7 nitrogen and oxygen atoms in total. The number of hydrogen-bond donors (Lipinski definition) is 2. The number of fused-ring (bicyclic) bond motifs is 1. The quantitative estimate of drug-likeness (QED) is 0.492. The van der Waals surface area contributed by atoms with Gasteiger partial charge >= 0.3 is 0 Å². The number of pyridine rings is 1. The van der Waals surface area contributed by atoms with Gasteiger partial charge in [-0.3, -0.25) is 4.90 Å². The van der Waals surface area contributed by atoms with Crippen molar-refractivity contribution in [3.8, 4) is 28.6 Å². The molecule has 1 aliphatic heterocycles. The molecular weight excluding hydrogens is 422 g/mol. The van der Waals surface area contributed by atoms with Gasteiger partial charge in [-0.25, -0.2) is 9.67 Å². The van der Waals surface area contributed by atoms with Crippen LogP contribution in [0.3, 0.4) is 0 Å². The molecule has 6 rings (SSSR count). The number of nitriles is 1. The molecule has 4 aromatic rings. The lowest BCUT2D eigenvalue weighted by atomic mass is 9.85. The van der Waals surface area contributed by atoms with E-state index in [1.54, 1.807) is 0 Å². The third-order valence-corrected chi connectivity index (χ3v) is 7.20. The molecule has 1 aliphatic carbocycles. The molecule has 7 heteroatoms. The lowest BCUT2D eigenvalue weighted by molar-refractivity contribution is 0.0684. The number of nitrogens with zero attached hydrogens (tertiary/aromatic N) is 5. The summed E-state index contributed by atoms with van der Waals surface area (Å²) in [6.07, 6.45) is 2.05. The van der Waals surface area contributed by atoms with E-state index in [-0.39, 0.29) is 6.04 Å². The first-order valence-electron chi connectivity index (χ1n) is 11.9. The third-order valence-electron chi connectivity index (χ3n) is 7.20. The van der Waals surface area contributed by atoms with Crippen molar-refractivity contribution in [2.45, 2.75) is 24.9 Å². The van der Waals surface area contributed by atoms with Crippen LogP contribution in [0.25, 0.3) is 33.4 Å². The van der Waals surface area contributed by atoms with E-state index < -0.39 is 0 Å². The highest BCUT2D eigenvalue weighted by molar-refractivity contribution is 5.87. The minimum absolute atomic E-state index is 0.240. The second kappa shape index (κ2) is 8.56. The van der Waals surface area contributed by atoms with Gasteiger partial charge in [-0.05, 0) is 25.0 Å². The predicted octanol–water partition coefficient (Wildman–Crippen LogP) is 3.83. The lowest BCUT2D eigenvalue weighted by Gasteiger charge is -2.44. The van der Waals surface area contributed by atoms with Gasteiger partial charge in [0.1, 0.15) is 23.1 Å². The van der Waals surface area contributed by atoms with E-state index in [4.69, 9.17) is 15.8 Å². The average molecular weight is 450 g/mol. The van der Waals surface area contributed by atoms with E-state index >= 15 is 0 Å². The fourth-order valence-electron chi connectivity index (χ4n) is 5.18. The SMILES string of the molecule is N#Cc1c(-c2ccc3ccc(-c4ccccc4)nc3c2)nn(C2CC(N3CCNCC3)C2)c1N. The third kappa shape index (κ3) is 3.61. The van der Waals surface area contributed by atoms with E-state index in [0.29, 0.717) is 23.1 Å². The lowest BCUT2D eigenvalue weighted by Crippen LogP contribution is -2.53. The summed E-state index contributed by atoms with van der Waals surface area (Å²) in [5, 5.41) is 19.2. The summed E-state index contributed by atoms with van der Waals surface area (Å²) in [4.78, 5) is 7.43. The molecule has 1 saturated heterocycles. The number of nitrogens with one attached hydrogen (secondary N) is 1. The topological polar surface area (TPSA) is 95.8 Å². The van der Waals surface area contributed by atoms with E-state index in [1.165, 1.54) is 0 Å². The Kier molecular flexibility index (Phi) is 5.25. The second-order valence-electron chi connectivity index (χ2n) is 9.20. The number of anilines is 1. The van der Waals surface area contributed by atoms with Crippen molar-refractivity contribution in [1.82, 2.24) is 25.0 Å². The number of nitrogen functional groups attached to an aromatic ring is 1. The maximum absolute atomic E-state index is 9.89. The summed E-state index contributed by atoms with van der Waals surface area (Å²) in [5.74, 6) is 0.465. The van der Waals surface area contributed by atoms with E-state index in [0.717, 1.165) is 66.7 Å². The van der Waals surface area contributed by atoms with Gasteiger partial charge in [0.15, 0.2) is 0 Å². The van der Waals surface area contributed by atoms with Crippen LogP contribution in [0.2, 0.25) is 0 Å². The molecule has 34 heavy (non-hydrogen) atoms. The van der Waals surface area contributed by atoms with Crippen molar-refractivity contribution in [3.05, 3.63) is 66.2 Å². The largest absolute Gasteiger partial charge is 0.383 e. The van der Waals surface area contributed by atoms with Crippen LogP contribution in [0.5, 0.6) is 0 Å². The number of hydrogen-bond acceptors (Lipinski definition) is 6. The Bertz CT molecular complexity index is 1370. The molecule has 3 heterocycles. The van der Waals surface area contributed by atoms with Crippen molar-refractivity contribution in [2.24, 2.45) is 0 Å². The van der Waals surface area contributed by atoms with Crippen molar-refractivity contribution < 1.29 is 0 Å². The molecule has 0 atom stereocenters. The van der Waals surface area contributed by atoms with Gasteiger partial charge in [-0.1, -0.05) is 48.5 Å². The zero-order valence-electron chi connectivity index (χ0n) is 19.0. The molecule has 3 N–H and O–H groups in total. The van der Waals surface area contributed by atoms with Crippen molar-refractivity contribution in [2.75, 3.05) is 31.9 Å². The molecule has 170 valence electrons. The molecule has 1 saturated carbocycles. The van der Waals surface area contributed by atoms with Gasteiger partial charge in [0, 0.05) is 48.7 Å². The number of rotatable bonds is 4. The maximum atomic E-state index is 9.89. The monoisotopic (exact) mass is 449 g/mol. The summed E-state index contributed by atoms with van der Waals surface area (Å²) in [6.45, 7) is 4.29. The van der Waals surface area contributed by atoms with Crippen LogP contribution in [0.4, 0.5) is 5.82 Å². The Balaban J connectivity index is 1.31. The fraction of sp³-hybridized carbons (Fsp3) is 0.296. The molecule has 2 aliphatic rings. The van der Waals surface area contributed by atoms with Crippen LogP contribution in [-0.4, -0.2) is 51.9 Å². The smallest absolute Gasteiger partial charge is 0.140 e. The zero-order chi connectivity index (χ0) is 23.1. The molecule has 0 amide bonds. The first kappa shape index (κ1) is 20.8.